The van der Waals surface area contributed by atoms with Gasteiger partial charge in [0.15, 0.2) is 9.84 Å². The van der Waals surface area contributed by atoms with Crippen LogP contribution in [0.15, 0.2) is 0 Å². The molecule has 0 aromatic carbocycles. The van der Waals surface area contributed by atoms with Crippen molar-refractivity contribution in [1.82, 2.24) is 10.6 Å². The highest BCUT2D eigenvalue weighted by Gasteiger charge is 2.28. The molecule has 1 unspecified atom stereocenters. The Labute approximate surface area is 98.1 Å². The van der Waals surface area contributed by atoms with E-state index in [9.17, 15) is 8.42 Å². The lowest BCUT2D eigenvalue weighted by atomic mass is 10.2. The first-order valence-electron chi connectivity index (χ1n) is 6.34. The summed E-state index contributed by atoms with van der Waals surface area (Å²) in [6.07, 6.45) is 5.35. The Balaban J connectivity index is 1.60. The number of rotatable bonds is 6. The van der Waals surface area contributed by atoms with Crippen molar-refractivity contribution in [3.63, 3.8) is 0 Å². The topological polar surface area (TPSA) is 58.2 Å². The predicted molar refractivity (Wildman–Crippen MR) is 65.3 cm³/mol. The third kappa shape index (κ3) is 3.71. The van der Waals surface area contributed by atoms with Crippen LogP contribution in [0.25, 0.3) is 0 Å². The second kappa shape index (κ2) is 5.47. The Morgan fingerprint density at radius 3 is 2.56 bits per heavy atom. The van der Waals surface area contributed by atoms with Crippen molar-refractivity contribution < 1.29 is 8.42 Å². The van der Waals surface area contributed by atoms with Crippen LogP contribution in [-0.2, 0) is 9.84 Å². The molecule has 2 fully saturated rings. The third-order valence-corrected chi connectivity index (χ3v) is 5.67. The molecule has 1 aliphatic carbocycles. The summed E-state index contributed by atoms with van der Waals surface area (Å²) in [5.41, 5.74) is 0. The molecule has 1 saturated carbocycles. The quantitative estimate of drug-likeness (QED) is 0.662. The van der Waals surface area contributed by atoms with Gasteiger partial charge in [-0.15, -0.1) is 0 Å². The molecule has 94 valence electrons. The summed E-state index contributed by atoms with van der Waals surface area (Å²) >= 11 is 0. The molecule has 1 aliphatic heterocycles. The van der Waals surface area contributed by atoms with Crippen LogP contribution < -0.4 is 10.6 Å². The molecule has 0 spiro atoms. The molecule has 1 atom stereocenters. The van der Waals surface area contributed by atoms with Crippen molar-refractivity contribution in [2.24, 2.45) is 0 Å². The number of hydrogen-bond acceptors (Lipinski definition) is 4. The first kappa shape index (κ1) is 12.3. The van der Waals surface area contributed by atoms with Crippen molar-refractivity contribution in [3.05, 3.63) is 0 Å². The third-order valence-electron chi connectivity index (χ3n) is 3.40. The molecule has 0 amide bonds. The van der Waals surface area contributed by atoms with Gasteiger partial charge in [-0.25, -0.2) is 8.42 Å². The van der Waals surface area contributed by atoms with Crippen molar-refractivity contribution in [2.75, 3.05) is 25.4 Å². The predicted octanol–water partition coefficient (Wildman–Crippen LogP) is 0.295. The zero-order valence-corrected chi connectivity index (χ0v) is 10.6. The Morgan fingerprint density at radius 2 is 1.88 bits per heavy atom. The maximum absolute atomic E-state index is 11.7. The van der Waals surface area contributed by atoms with E-state index in [2.05, 4.69) is 10.6 Å². The van der Waals surface area contributed by atoms with Crippen LogP contribution in [-0.4, -0.2) is 45.1 Å². The largest absolute Gasteiger partial charge is 0.314 e. The highest BCUT2D eigenvalue weighted by molar-refractivity contribution is 7.92. The fourth-order valence-corrected chi connectivity index (χ4v) is 4.00. The standard InChI is InChI=1S/C11H22N2O2S/c14-16(15)8-2-1-3-11(16)9-12-6-7-13-10-4-5-10/h10-13H,1-9H2. The van der Waals surface area contributed by atoms with E-state index in [0.29, 0.717) is 12.3 Å². The SMILES string of the molecule is O=S1(=O)CCCCC1CNCCNC1CC1. The van der Waals surface area contributed by atoms with E-state index in [0.717, 1.165) is 38.4 Å². The van der Waals surface area contributed by atoms with Gasteiger partial charge < -0.3 is 10.6 Å². The Bertz CT molecular complexity index is 312. The molecule has 0 aromatic rings. The molecule has 4 nitrogen and oxygen atoms in total. The monoisotopic (exact) mass is 246 g/mol. The number of hydrogen-bond donors (Lipinski definition) is 2. The van der Waals surface area contributed by atoms with Gasteiger partial charge in [-0.3, -0.25) is 0 Å². The van der Waals surface area contributed by atoms with Crippen LogP contribution in [0, 0.1) is 0 Å². The average Bonchev–Trinajstić information content (AvgIpc) is 3.03. The molecule has 2 rings (SSSR count). The first-order chi connectivity index (χ1) is 7.68. The lowest BCUT2D eigenvalue weighted by Gasteiger charge is -2.22. The van der Waals surface area contributed by atoms with Crippen LogP contribution in [0.4, 0.5) is 0 Å². The smallest absolute Gasteiger partial charge is 0.154 e. The van der Waals surface area contributed by atoms with Crippen LogP contribution in [0.3, 0.4) is 0 Å². The average molecular weight is 246 g/mol. The molecule has 0 bridgehead atoms. The summed E-state index contributed by atoms with van der Waals surface area (Å²) in [6.45, 7) is 2.47. The van der Waals surface area contributed by atoms with E-state index < -0.39 is 9.84 Å². The Hall–Kier alpha value is -0.130. The van der Waals surface area contributed by atoms with Crippen molar-refractivity contribution in [1.29, 1.82) is 0 Å². The minimum absolute atomic E-state index is 0.137. The fourth-order valence-electron chi connectivity index (χ4n) is 2.17. The van der Waals surface area contributed by atoms with Crippen molar-refractivity contribution >= 4 is 9.84 Å². The lowest BCUT2D eigenvalue weighted by molar-refractivity contribution is 0.515. The summed E-state index contributed by atoms with van der Waals surface area (Å²) in [5.74, 6) is 0.389. The highest BCUT2D eigenvalue weighted by atomic mass is 32.2. The van der Waals surface area contributed by atoms with Gasteiger partial charge in [-0.2, -0.15) is 0 Å². The molecular weight excluding hydrogens is 224 g/mol. The molecule has 0 aromatic heterocycles. The van der Waals surface area contributed by atoms with Gasteiger partial charge >= 0.3 is 0 Å². The van der Waals surface area contributed by atoms with Gasteiger partial charge in [0, 0.05) is 25.7 Å². The van der Waals surface area contributed by atoms with Gasteiger partial charge in [0.05, 0.1) is 11.0 Å². The van der Waals surface area contributed by atoms with E-state index in [1.807, 2.05) is 0 Å². The zero-order chi connectivity index (χ0) is 11.4. The summed E-state index contributed by atoms with van der Waals surface area (Å²) in [6, 6.07) is 0.736. The van der Waals surface area contributed by atoms with Gasteiger partial charge in [-0.1, -0.05) is 6.42 Å². The second-order valence-electron chi connectivity index (χ2n) is 4.92. The van der Waals surface area contributed by atoms with Crippen LogP contribution in [0.5, 0.6) is 0 Å². The van der Waals surface area contributed by atoms with Crippen molar-refractivity contribution in [3.8, 4) is 0 Å². The number of sulfone groups is 1. The first-order valence-corrected chi connectivity index (χ1v) is 8.06. The van der Waals surface area contributed by atoms with E-state index in [-0.39, 0.29) is 5.25 Å². The summed E-state index contributed by atoms with van der Waals surface area (Å²) in [7, 11) is -2.80. The van der Waals surface area contributed by atoms with Gasteiger partial charge in [0.25, 0.3) is 0 Å². The van der Waals surface area contributed by atoms with E-state index in [4.69, 9.17) is 0 Å². The summed E-state index contributed by atoms with van der Waals surface area (Å²) in [5, 5.41) is 6.52. The Morgan fingerprint density at radius 1 is 1.06 bits per heavy atom. The highest BCUT2D eigenvalue weighted by Crippen LogP contribution is 2.19. The Kier molecular flexibility index (Phi) is 4.21. The normalized spacial score (nSPS) is 29.1. The molecule has 1 saturated heterocycles. The molecule has 0 radical (unpaired) electrons. The molecule has 2 N–H and O–H groups in total. The summed E-state index contributed by atoms with van der Waals surface area (Å²) < 4.78 is 23.4. The molecule has 2 aliphatic rings. The molecule has 16 heavy (non-hydrogen) atoms. The van der Waals surface area contributed by atoms with Crippen molar-refractivity contribution in [2.45, 2.75) is 43.4 Å². The van der Waals surface area contributed by atoms with Crippen LogP contribution >= 0.6 is 0 Å². The number of nitrogens with one attached hydrogen (secondary N) is 2. The summed E-state index contributed by atoms with van der Waals surface area (Å²) in [4.78, 5) is 0. The molecular formula is C11H22N2O2S. The van der Waals surface area contributed by atoms with Crippen LogP contribution in [0.2, 0.25) is 0 Å². The lowest BCUT2D eigenvalue weighted by Crippen LogP contribution is -2.39. The maximum atomic E-state index is 11.7. The molecule has 1 heterocycles. The van der Waals surface area contributed by atoms with E-state index in [1.165, 1.54) is 12.8 Å². The molecule has 5 heteroatoms. The fraction of sp³-hybridized carbons (Fsp3) is 1.00. The van der Waals surface area contributed by atoms with Gasteiger partial charge in [0.2, 0.25) is 0 Å². The zero-order valence-electron chi connectivity index (χ0n) is 9.74. The second-order valence-corrected chi connectivity index (χ2v) is 7.32. The van der Waals surface area contributed by atoms with Gasteiger partial charge in [0.1, 0.15) is 0 Å². The minimum Gasteiger partial charge on any atom is -0.314 e. The van der Waals surface area contributed by atoms with E-state index in [1.54, 1.807) is 0 Å². The minimum atomic E-state index is -2.80. The van der Waals surface area contributed by atoms with Gasteiger partial charge in [-0.05, 0) is 25.7 Å². The van der Waals surface area contributed by atoms with E-state index >= 15 is 0 Å². The van der Waals surface area contributed by atoms with Crippen LogP contribution in [0.1, 0.15) is 32.1 Å². The maximum Gasteiger partial charge on any atom is 0.154 e.